The molecule has 6 nitrogen and oxygen atoms in total. The fraction of sp³-hybridized carbons (Fsp3) is 0.613. The van der Waals surface area contributed by atoms with Crippen molar-refractivity contribution in [3.8, 4) is 5.75 Å². The summed E-state index contributed by atoms with van der Waals surface area (Å²) in [7, 11) is 1.66. The number of methoxy groups -OCH3 is 1. The molecule has 1 aromatic heterocycles. The number of ether oxygens (including phenoxy) is 1. The van der Waals surface area contributed by atoms with Crippen molar-refractivity contribution >= 4 is 5.91 Å². The number of carbonyl (C=O) groups is 1. The molecule has 1 amide bonds. The predicted octanol–water partition coefficient (Wildman–Crippen LogP) is 4.50. The van der Waals surface area contributed by atoms with Gasteiger partial charge < -0.3 is 14.2 Å². The van der Waals surface area contributed by atoms with Gasteiger partial charge in [-0.2, -0.15) is 0 Å². The average Bonchev–Trinajstić information content (AvgIpc) is 2.89. The first-order valence-corrected chi connectivity index (χ1v) is 14.3. The molecule has 1 aliphatic heterocycles. The second kappa shape index (κ2) is 9.61. The lowest BCUT2D eigenvalue weighted by Gasteiger charge is -2.61. The van der Waals surface area contributed by atoms with E-state index in [1.807, 2.05) is 43.0 Å². The Hall–Kier alpha value is -2.60. The zero-order valence-corrected chi connectivity index (χ0v) is 22.7. The van der Waals surface area contributed by atoms with Crippen molar-refractivity contribution in [2.45, 2.75) is 70.9 Å². The fourth-order valence-corrected chi connectivity index (χ4v) is 8.55. The summed E-state index contributed by atoms with van der Waals surface area (Å²) < 4.78 is 7.44. The van der Waals surface area contributed by atoms with Crippen molar-refractivity contribution in [3.05, 3.63) is 63.1 Å². The molecule has 4 bridgehead atoms. The summed E-state index contributed by atoms with van der Waals surface area (Å²) in [6.45, 7) is 7.93. The van der Waals surface area contributed by atoms with Gasteiger partial charge in [0.2, 0.25) is 0 Å². The summed E-state index contributed by atoms with van der Waals surface area (Å²) in [5.41, 5.74) is 3.45. The molecule has 0 N–H and O–H groups in total. The Labute approximate surface area is 220 Å². The fourth-order valence-electron chi connectivity index (χ4n) is 8.55. The van der Waals surface area contributed by atoms with Crippen LogP contribution in [0.2, 0.25) is 0 Å². The van der Waals surface area contributed by atoms with Gasteiger partial charge in [0.15, 0.2) is 5.43 Å². The predicted molar refractivity (Wildman–Crippen MR) is 145 cm³/mol. The maximum Gasteiger partial charge on any atom is 0.259 e. The number of pyridine rings is 1. The Balaban J connectivity index is 1.21. The zero-order valence-electron chi connectivity index (χ0n) is 22.7. The number of piperazine rings is 1. The maximum absolute atomic E-state index is 13.8. The zero-order chi connectivity index (χ0) is 25.7. The number of hydrogen-bond acceptors (Lipinski definition) is 4. The third-order valence-electron chi connectivity index (χ3n) is 9.92. The highest BCUT2D eigenvalue weighted by Gasteiger charge is 2.53. The van der Waals surface area contributed by atoms with E-state index < -0.39 is 0 Å². The van der Waals surface area contributed by atoms with Crippen LogP contribution in [-0.4, -0.2) is 59.1 Å². The van der Waals surface area contributed by atoms with Gasteiger partial charge in [-0.1, -0.05) is 19.1 Å². The van der Waals surface area contributed by atoms with E-state index in [4.69, 9.17) is 4.74 Å². The molecule has 4 saturated carbocycles. The Bertz CT molecular complexity index is 1190. The highest BCUT2D eigenvalue weighted by molar-refractivity contribution is 5.95. The molecule has 0 radical (unpaired) electrons. The number of aromatic nitrogens is 1. The first-order valence-electron chi connectivity index (χ1n) is 14.3. The Kier molecular flexibility index (Phi) is 6.42. The molecule has 2 heterocycles. The van der Waals surface area contributed by atoms with E-state index in [-0.39, 0.29) is 11.3 Å². The van der Waals surface area contributed by atoms with E-state index in [1.54, 1.807) is 13.2 Å². The van der Waals surface area contributed by atoms with E-state index in [9.17, 15) is 9.59 Å². The van der Waals surface area contributed by atoms with Crippen LogP contribution in [0.1, 0.15) is 72.8 Å². The Morgan fingerprint density at radius 1 is 0.973 bits per heavy atom. The van der Waals surface area contributed by atoms with Gasteiger partial charge >= 0.3 is 0 Å². The standard InChI is InChI=1S/C31H41N3O3/c1-4-27-29(28(35)13-21(2)34(27)20-22-5-7-26(37-3)8-6-22)30(36)32-9-11-33(12-10-32)31-17-23-14-24(18-31)16-25(15-23)19-31/h5-8,13,23-25H,4,9-12,14-20H2,1-3H3. The molecule has 5 aliphatic rings. The maximum atomic E-state index is 13.8. The summed E-state index contributed by atoms with van der Waals surface area (Å²) in [6, 6.07) is 9.63. The minimum absolute atomic E-state index is 0.0875. The molecule has 37 heavy (non-hydrogen) atoms. The van der Waals surface area contributed by atoms with Gasteiger partial charge in [-0.25, -0.2) is 0 Å². The Morgan fingerprint density at radius 2 is 1.57 bits per heavy atom. The number of hydrogen-bond donors (Lipinski definition) is 0. The first kappa shape index (κ1) is 24.7. The van der Waals surface area contributed by atoms with Gasteiger partial charge in [0.25, 0.3) is 5.91 Å². The van der Waals surface area contributed by atoms with Crippen LogP contribution in [-0.2, 0) is 13.0 Å². The van der Waals surface area contributed by atoms with Crippen LogP contribution in [0, 0.1) is 24.7 Å². The second-order valence-corrected chi connectivity index (χ2v) is 12.2. The van der Waals surface area contributed by atoms with Gasteiger partial charge in [-0.15, -0.1) is 0 Å². The van der Waals surface area contributed by atoms with Gasteiger partial charge in [-0.05, 0) is 87.3 Å². The minimum atomic E-state index is -0.145. The van der Waals surface area contributed by atoms with Crippen LogP contribution >= 0.6 is 0 Å². The second-order valence-electron chi connectivity index (χ2n) is 12.2. The topological polar surface area (TPSA) is 54.8 Å². The number of carbonyl (C=O) groups excluding carboxylic acids is 1. The van der Waals surface area contributed by atoms with E-state index in [0.717, 1.165) is 66.6 Å². The number of aryl methyl sites for hydroxylation is 1. The lowest BCUT2D eigenvalue weighted by molar-refractivity contribution is -0.0987. The van der Waals surface area contributed by atoms with Crippen molar-refractivity contribution in [2.24, 2.45) is 17.8 Å². The van der Waals surface area contributed by atoms with Crippen molar-refractivity contribution in [2.75, 3.05) is 33.3 Å². The van der Waals surface area contributed by atoms with Crippen molar-refractivity contribution < 1.29 is 9.53 Å². The molecule has 6 heteroatoms. The third-order valence-corrected chi connectivity index (χ3v) is 9.92. The molecule has 5 fully saturated rings. The lowest BCUT2D eigenvalue weighted by atomic mass is 9.52. The van der Waals surface area contributed by atoms with Gasteiger partial charge in [0.1, 0.15) is 11.3 Å². The van der Waals surface area contributed by atoms with Gasteiger partial charge in [0.05, 0.1) is 7.11 Å². The molecule has 2 aromatic rings. The summed E-state index contributed by atoms with van der Waals surface area (Å²) in [6.07, 6.45) is 9.08. The molecule has 0 atom stereocenters. The van der Waals surface area contributed by atoms with Crippen molar-refractivity contribution in [1.82, 2.24) is 14.4 Å². The number of nitrogens with zero attached hydrogens (tertiary/aromatic N) is 3. The van der Waals surface area contributed by atoms with E-state index in [2.05, 4.69) is 9.47 Å². The molecule has 0 spiro atoms. The van der Waals surface area contributed by atoms with Crippen LogP contribution in [0.5, 0.6) is 5.75 Å². The SMILES string of the molecule is CCc1c(C(=O)N2CCN(C34CC5CC(CC(C5)C3)C4)CC2)c(=O)cc(C)n1Cc1ccc(OC)cc1. The quantitative estimate of drug-likeness (QED) is 0.582. The summed E-state index contributed by atoms with van der Waals surface area (Å²) in [5, 5.41) is 0. The first-order chi connectivity index (χ1) is 17.9. The molecule has 0 unspecified atom stereocenters. The van der Waals surface area contributed by atoms with Crippen LogP contribution in [0.3, 0.4) is 0 Å². The highest BCUT2D eigenvalue weighted by atomic mass is 16.5. The van der Waals surface area contributed by atoms with Gasteiger partial charge in [0, 0.05) is 55.7 Å². The van der Waals surface area contributed by atoms with Crippen molar-refractivity contribution in [1.29, 1.82) is 0 Å². The largest absolute Gasteiger partial charge is 0.497 e. The number of benzene rings is 1. The normalized spacial score (nSPS) is 29.1. The van der Waals surface area contributed by atoms with E-state index >= 15 is 0 Å². The number of amides is 1. The molecular weight excluding hydrogens is 462 g/mol. The lowest BCUT2D eigenvalue weighted by Crippen LogP contribution is -2.64. The van der Waals surface area contributed by atoms with E-state index in [1.165, 1.54) is 38.5 Å². The molecule has 4 aliphatic carbocycles. The smallest absolute Gasteiger partial charge is 0.259 e. The average molecular weight is 504 g/mol. The van der Waals surface area contributed by atoms with E-state index in [0.29, 0.717) is 24.1 Å². The van der Waals surface area contributed by atoms with Crippen LogP contribution in [0.4, 0.5) is 0 Å². The van der Waals surface area contributed by atoms with Gasteiger partial charge in [-0.3, -0.25) is 14.5 Å². The molecule has 198 valence electrons. The summed E-state index contributed by atoms with van der Waals surface area (Å²) in [5.74, 6) is 3.51. The molecule has 7 rings (SSSR count). The molecular formula is C31H41N3O3. The summed E-state index contributed by atoms with van der Waals surface area (Å²) in [4.78, 5) is 31.7. The highest BCUT2D eigenvalue weighted by Crippen LogP contribution is 2.57. The Morgan fingerprint density at radius 3 is 2.11 bits per heavy atom. The molecule has 1 aromatic carbocycles. The van der Waals surface area contributed by atoms with Crippen LogP contribution in [0.15, 0.2) is 35.1 Å². The number of rotatable bonds is 6. The summed E-state index contributed by atoms with van der Waals surface area (Å²) >= 11 is 0. The third kappa shape index (κ3) is 4.41. The monoisotopic (exact) mass is 503 g/mol. The minimum Gasteiger partial charge on any atom is -0.497 e. The van der Waals surface area contributed by atoms with Crippen molar-refractivity contribution in [3.63, 3.8) is 0 Å². The molecule has 1 saturated heterocycles. The van der Waals surface area contributed by atoms with Crippen LogP contribution < -0.4 is 10.2 Å². The van der Waals surface area contributed by atoms with Crippen LogP contribution in [0.25, 0.3) is 0 Å².